The highest BCUT2D eigenvalue weighted by molar-refractivity contribution is 7.89. The fraction of sp³-hybridized carbons (Fsp3) is 0.429. The third-order valence-electron chi connectivity index (χ3n) is 5.93. The Kier molecular flexibility index (Phi) is 5.94. The lowest BCUT2D eigenvalue weighted by Gasteiger charge is -2.24. The Hall–Kier alpha value is -2.76. The molecule has 1 aromatic carbocycles. The summed E-state index contributed by atoms with van der Waals surface area (Å²) in [4.78, 5) is 22.7. The van der Waals surface area contributed by atoms with Gasteiger partial charge in [0.2, 0.25) is 11.8 Å². The second-order valence-corrected chi connectivity index (χ2v) is 10.6. The first-order valence-corrected chi connectivity index (χ1v) is 12.6. The van der Waals surface area contributed by atoms with E-state index in [0.29, 0.717) is 36.4 Å². The SMILES string of the molecule is O=C1CC(c2nc(Cn3cnc(S(=O)(=O)N4CCCCC4)c3)no2)CN1c1cccc(Cl)c1. The van der Waals surface area contributed by atoms with Crippen molar-refractivity contribution in [2.24, 2.45) is 0 Å². The largest absolute Gasteiger partial charge is 0.339 e. The minimum atomic E-state index is -3.60. The molecule has 2 aliphatic rings. The maximum Gasteiger partial charge on any atom is 0.262 e. The number of anilines is 1. The molecule has 174 valence electrons. The molecular weight excluding hydrogens is 468 g/mol. The summed E-state index contributed by atoms with van der Waals surface area (Å²) in [6, 6.07) is 7.14. The first-order valence-electron chi connectivity index (χ1n) is 10.8. The van der Waals surface area contributed by atoms with Crippen molar-refractivity contribution >= 4 is 33.2 Å². The monoisotopic (exact) mass is 490 g/mol. The van der Waals surface area contributed by atoms with Gasteiger partial charge in [0.15, 0.2) is 10.9 Å². The first-order chi connectivity index (χ1) is 15.9. The fourth-order valence-corrected chi connectivity index (χ4v) is 5.86. The molecule has 5 rings (SSSR count). The van der Waals surface area contributed by atoms with Gasteiger partial charge in [-0.25, -0.2) is 13.4 Å². The molecule has 10 nitrogen and oxygen atoms in total. The lowest BCUT2D eigenvalue weighted by atomic mass is 10.1. The Morgan fingerprint density at radius 3 is 2.79 bits per heavy atom. The van der Waals surface area contributed by atoms with Crippen molar-refractivity contribution in [2.75, 3.05) is 24.5 Å². The zero-order chi connectivity index (χ0) is 23.0. The number of rotatable bonds is 6. The van der Waals surface area contributed by atoms with Crippen LogP contribution in [0.1, 0.15) is 43.3 Å². The summed E-state index contributed by atoms with van der Waals surface area (Å²) < 4.78 is 34.1. The average molecular weight is 491 g/mol. The van der Waals surface area contributed by atoms with Gasteiger partial charge in [-0.3, -0.25) is 4.79 Å². The van der Waals surface area contributed by atoms with Crippen molar-refractivity contribution < 1.29 is 17.7 Å². The van der Waals surface area contributed by atoms with Crippen LogP contribution in [0, 0.1) is 0 Å². The van der Waals surface area contributed by atoms with Crippen molar-refractivity contribution in [1.29, 1.82) is 0 Å². The third kappa shape index (κ3) is 4.53. The predicted octanol–water partition coefficient (Wildman–Crippen LogP) is 2.66. The van der Waals surface area contributed by atoms with Gasteiger partial charge in [-0.2, -0.15) is 9.29 Å². The zero-order valence-corrected chi connectivity index (χ0v) is 19.4. The van der Waals surface area contributed by atoms with E-state index in [0.717, 1.165) is 24.9 Å². The van der Waals surface area contributed by atoms with Gasteiger partial charge in [-0.05, 0) is 31.0 Å². The van der Waals surface area contributed by atoms with E-state index in [4.69, 9.17) is 16.1 Å². The summed E-state index contributed by atoms with van der Waals surface area (Å²) in [7, 11) is -3.60. The number of imidazole rings is 1. The number of nitrogens with zero attached hydrogens (tertiary/aromatic N) is 6. The van der Waals surface area contributed by atoms with Gasteiger partial charge in [0.25, 0.3) is 10.0 Å². The Morgan fingerprint density at radius 1 is 1.18 bits per heavy atom. The summed E-state index contributed by atoms with van der Waals surface area (Å²) in [6.45, 7) is 1.68. The molecule has 1 amide bonds. The van der Waals surface area contributed by atoms with Gasteiger partial charge >= 0.3 is 0 Å². The molecule has 2 aromatic heterocycles. The van der Waals surface area contributed by atoms with Crippen LogP contribution in [0.2, 0.25) is 5.02 Å². The summed E-state index contributed by atoms with van der Waals surface area (Å²) in [5.74, 6) is 0.502. The van der Waals surface area contributed by atoms with E-state index in [2.05, 4.69) is 15.1 Å². The van der Waals surface area contributed by atoms with Crippen molar-refractivity contribution in [1.82, 2.24) is 24.0 Å². The maximum absolute atomic E-state index is 12.8. The van der Waals surface area contributed by atoms with Gasteiger partial charge < -0.3 is 14.0 Å². The number of aromatic nitrogens is 4. The van der Waals surface area contributed by atoms with Crippen molar-refractivity contribution in [3.8, 4) is 0 Å². The molecule has 12 heteroatoms. The number of carbonyl (C=O) groups excluding carboxylic acids is 1. The van der Waals surface area contributed by atoms with Crippen LogP contribution in [-0.4, -0.2) is 58.0 Å². The molecular formula is C21H23ClN6O4S. The van der Waals surface area contributed by atoms with Crippen LogP contribution in [0.4, 0.5) is 5.69 Å². The van der Waals surface area contributed by atoms with Gasteiger partial charge in [-0.1, -0.05) is 29.2 Å². The molecule has 0 bridgehead atoms. The topological polar surface area (TPSA) is 114 Å². The Balaban J connectivity index is 1.26. The molecule has 3 aromatic rings. The zero-order valence-electron chi connectivity index (χ0n) is 17.8. The van der Waals surface area contributed by atoms with E-state index < -0.39 is 10.0 Å². The van der Waals surface area contributed by atoms with Crippen LogP contribution >= 0.6 is 11.6 Å². The first kappa shape index (κ1) is 22.1. The molecule has 2 saturated heterocycles. The smallest absolute Gasteiger partial charge is 0.262 e. The number of amides is 1. The van der Waals surface area contributed by atoms with E-state index in [1.54, 1.807) is 27.7 Å². The van der Waals surface area contributed by atoms with Gasteiger partial charge in [0.1, 0.15) is 0 Å². The van der Waals surface area contributed by atoms with Crippen molar-refractivity contribution in [3.05, 3.63) is 53.5 Å². The molecule has 0 radical (unpaired) electrons. The molecule has 0 aliphatic carbocycles. The number of hydrogen-bond donors (Lipinski definition) is 0. The van der Waals surface area contributed by atoms with E-state index in [-0.39, 0.29) is 29.8 Å². The third-order valence-corrected chi connectivity index (χ3v) is 7.95. The van der Waals surface area contributed by atoms with Gasteiger partial charge in [0.05, 0.1) is 18.8 Å². The number of hydrogen-bond acceptors (Lipinski definition) is 7. The van der Waals surface area contributed by atoms with Gasteiger partial charge in [0, 0.05) is 43.0 Å². The van der Waals surface area contributed by atoms with E-state index >= 15 is 0 Å². The molecule has 33 heavy (non-hydrogen) atoms. The maximum atomic E-state index is 12.8. The minimum Gasteiger partial charge on any atom is -0.339 e. The summed E-state index contributed by atoms with van der Waals surface area (Å²) >= 11 is 6.05. The number of benzene rings is 1. The average Bonchev–Trinajstić information content (AvgIpc) is 3.55. The molecule has 0 N–H and O–H groups in total. The fourth-order valence-electron chi connectivity index (χ4n) is 4.22. The highest BCUT2D eigenvalue weighted by atomic mass is 35.5. The summed E-state index contributed by atoms with van der Waals surface area (Å²) in [5, 5.41) is 4.59. The van der Waals surface area contributed by atoms with E-state index in [1.165, 1.54) is 16.8 Å². The summed E-state index contributed by atoms with van der Waals surface area (Å²) in [5.41, 5.74) is 0.732. The van der Waals surface area contributed by atoms with E-state index in [1.807, 2.05) is 6.07 Å². The lowest BCUT2D eigenvalue weighted by Crippen LogP contribution is -2.35. The van der Waals surface area contributed by atoms with Crippen molar-refractivity contribution in [3.63, 3.8) is 0 Å². The molecule has 2 fully saturated rings. The quantitative estimate of drug-likeness (QED) is 0.521. The minimum absolute atomic E-state index is 0.0201. The predicted molar refractivity (Wildman–Crippen MR) is 119 cm³/mol. The van der Waals surface area contributed by atoms with Crippen molar-refractivity contribution in [2.45, 2.75) is 43.2 Å². The molecule has 1 unspecified atom stereocenters. The molecule has 0 saturated carbocycles. The Bertz CT molecular complexity index is 1270. The number of halogens is 1. The van der Waals surface area contributed by atoms with E-state index in [9.17, 15) is 13.2 Å². The normalized spacial score (nSPS) is 20.0. The second kappa shape index (κ2) is 8.88. The number of piperidine rings is 1. The van der Waals surface area contributed by atoms with Crippen LogP contribution in [0.5, 0.6) is 0 Å². The molecule has 0 spiro atoms. The molecule has 4 heterocycles. The van der Waals surface area contributed by atoms with Crippen LogP contribution < -0.4 is 4.90 Å². The van der Waals surface area contributed by atoms with Crippen LogP contribution in [-0.2, 0) is 21.4 Å². The molecule has 2 aliphatic heterocycles. The molecule has 1 atom stereocenters. The highest BCUT2D eigenvalue weighted by Crippen LogP contribution is 2.32. The van der Waals surface area contributed by atoms with Crippen LogP contribution in [0.15, 0.2) is 46.3 Å². The van der Waals surface area contributed by atoms with Gasteiger partial charge in [-0.15, -0.1) is 0 Å². The summed E-state index contributed by atoms with van der Waals surface area (Å²) in [6.07, 6.45) is 5.97. The Morgan fingerprint density at radius 2 is 2.00 bits per heavy atom. The number of sulfonamides is 1. The van der Waals surface area contributed by atoms with Crippen LogP contribution in [0.3, 0.4) is 0 Å². The lowest BCUT2D eigenvalue weighted by molar-refractivity contribution is -0.117. The van der Waals surface area contributed by atoms with Crippen LogP contribution in [0.25, 0.3) is 0 Å². The second-order valence-electron chi connectivity index (χ2n) is 8.28. The standard InChI is InChI=1S/C21H23ClN6O4S/c22-16-5-4-6-17(10-16)28-11-15(9-20(28)29)21-24-18(25-32-21)12-26-13-19(23-14-26)33(30,31)27-7-2-1-3-8-27/h4-6,10,13-15H,1-3,7-9,11-12H2. The number of carbonyl (C=O) groups is 1. The Labute approximate surface area is 196 Å². The highest BCUT2D eigenvalue weighted by Gasteiger charge is 2.35.